The first-order valence-corrected chi connectivity index (χ1v) is 3.26. The molecule has 1 aromatic rings. The molecule has 0 aromatic heterocycles. The van der Waals surface area contributed by atoms with Gasteiger partial charge in [0.15, 0.2) is 0 Å². The Kier molecular flexibility index (Phi) is 2.64. The molecule has 58 valence electrons. The molecule has 0 atom stereocenters. The van der Waals surface area contributed by atoms with E-state index < -0.39 is 11.8 Å². The number of hydrogen-bond acceptors (Lipinski definition) is 3. The summed E-state index contributed by atoms with van der Waals surface area (Å²) in [5, 5.41) is 0. The van der Waals surface area contributed by atoms with E-state index in [1.807, 2.05) is 0 Å². The second-order valence-corrected chi connectivity index (χ2v) is 2.10. The summed E-state index contributed by atoms with van der Waals surface area (Å²) in [6.45, 7) is 0. The molecular weight excluding hydrogens is 155 g/mol. The van der Waals surface area contributed by atoms with E-state index >= 15 is 0 Å². The molecule has 12 heavy (non-hydrogen) atoms. The zero-order valence-electron chi connectivity index (χ0n) is 6.19. The number of carbonyl (C=O) groups excluding carboxylic acids is 2. The highest BCUT2D eigenvalue weighted by atomic mass is 16.5. The SMILES string of the molecule is [B]OC(=O)C(=O)c1ccccc1. The lowest BCUT2D eigenvalue weighted by Gasteiger charge is -1.97. The first-order valence-electron chi connectivity index (χ1n) is 3.26. The standard InChI is InChI=1S/C8H5BO3/c9-12-8(11)7(10)6-4-2-1-3-5-6/h1-5H. The van der Waals surface area contributed by atoms with Gasteiger partial charge in [-0.15, -0.1) is 0 Å². The van der Waals surface area contributed by atoms with Gasteiger partial charge in [0.25, 0.3) is 5.78 Å². The molecule has 1 rings (SSSR count). The van der Waals surface area contributed by atoms with Gasteiger partial charge in [0.1, 0.15) is 0 Å². The third kappa shape index (κ3) is 1.72. The Hall–Kier alpha value is -1.58. The Labute approximate surface area is 70.8 Å². The van der Waals surface area contributed by atoms with E-state index in [1.165, 1.54) is 12.1 Å². The lowest BCUT2D eigenvalue weighted by Crippen LogP contribution is -2.15. The predicted octanol–water partition coefficient (Wildman–Crippen LogP) is 0.496. The maximum atomic E-state index is 11.0. The number of hydrogen-bond donors (Lipinski definition) is 0. The van der Waals surface area contributed by atoms with Crippen molar-refractivity contribution in [2.45, 2.75) is 0 Å². The molecule has 0 aliphatic carbocycles. The van der Waals surface area contributed by atoms with Gasteiger partial charge in [0.2, 0.25) is 0 Å². The molecule has 1 aromatic carbocycles. The van der Waals surface area contributed by atoms with Crippen molar-refractivity contribution in [1.29, 1.82) is 0 Å². The highest BCUT2D eigenvalue weighted by Crippen LogP contribution is 2.00. The van der Waals surface area contributed by atoms with Crippen LogP contribution in [0.3, 0.4) is 0 Å². The van der Waals surface area contributed by atoms with Crippen LogP contribution in [0.1, 0.15) is 10.4 Å². The van der Waals surface area contributed by atoms with E-state index in [0.717, 1.165) is 0 Å². The third-order valence-corrected chi connectivity index (χ3v) is 1.33. The molecule has 0 amide bonds. The zero-order chi connectivity index (χ0) is 8.97. The van der Waals surface area contributed by atoms with Crippen LogP contribution in [0.25, 0.3) is 0 Å². The first-order chi connectivity index (χ1) is 5.75. The molecule has 3 nitrogen and oxygen atoms in total. The van der Waals surface area contributed by atoms with Gasteiger partial charge in [-0.25, -0.2) is 4.79 Å². The molecule has 0 bridgehead atoms. The number of Topliss-reactive ketones (excluding diaryl/α,β-unsaturated/α-hetero) is 1. The fraction of sp³-hybridized carbons (Fsp3) is 0. The fourth-order valence-electron chi connectivity index (χ4n) is 0.761. The van der Waals surface area contributed by atoms with Gasteiger partial charge >= 0.3 is 14.0 Å². The maximum Gasteiger partial charge on any atom is 0.379 e. The van der Waals surface area contributed by atoms with E-state index in [4.69, 9.17) is 0 Å². The monoisotopic (exact) mass is 160 g/mol. The molecule has 4 heteroatoms. The number of ketones is 1. The van der Waals surface area contributed by atoms with Gasteiger partial charge in [-0.3, -0.25) is 4.79 Å². The largest absolute Gasteiger partial charge is 0.538 e. The van der Waals surface area contributed by atoms with Crippen molar-refractivity contribution >= 4 is 19.8 Å². The van der Waals surface area contributed by atoms with E-state index in [9.17, 15) is 9.59 Å². The van der Waals surface area contributed by atoms with Crippen LogP contribution < -0.4 is 0 Å². The Morgan fingerprint density at radius 2 is 1.75 bits per heavy atom. The third-order valence-electron chi connectivity index (χ3n) is 1.33. The van der Waals surface area contributed by atoms with Crippen LogP contribution in [-0.4, -0.2) is 19.8 Å². The molecule has 2 radical (unpaired) electrons. The average molecular weight is 160 g/mol. The second-order valence-electron chi connectivity index (χ2n) is 2.10. The summed E-state index contributed by atoms with van der Waals surface area (Å²) >= 11 is 0. The summed E-state index contributed by atoms with van der Waals surface area (Å²) in [5.74, 6) is -1.79. The van der Waals surface area contributed by atoms with E-state index in [-0.39, 0.29) is 5.56 Å². The topological polar surface area (TPSA) is 43.4 Å². The fourth-order valence-corrected chi connectivity index (χ4v) is 0.761. The summed E-state index contributed by atoms with van der Waals surface area (Å²) in [4.78, 5) is 21.6. The van der Waals surface area contributed by atoms with Gasteiger partial charge in [0, 0.05) is 5.56 Å². The van der Waals surface area contributed by atoms with Crippen molar-refractivity contribution < 1.29 is 14.2 Å². The lowest BCUT2D eigenvalue weighted by molar-refractivity contribution is -0.129. The normalized spacial score (nSPS) is 9.00. The molecule has 0 heterocycles. The summed E-state index contributed by atoms with van der Waals surface area (Å²) in [6.07, 6.45) is 0. The second kappa shape index (κ2) is 3.71. The highest BCUT2D eigenvalue weighted by Gasteiger charge is 2.14. The predicted molar refractivity (Wildman–Crippen MR) is 42.6 cm³/mol. The minimum Gasteiger partial charge on any atom is -0.538 e. The highest BCUT2D eigenvalue weighted by molar-refractivity contribution is 6.43. The Balaban J connectivity index is 2.86. The quantitative estimate of drug-likeness (QED) is 0.359. The average Bonchev–Trinajstić information content (AvgIpc) is 2.17. The molecule has 0 saturated heterocycles. The van der Waals surface area contributed by atoms with Crippen LogP contribution in [0, 0.1) is 0 Å². The molecule has 0 aliphatic heterocycles. The number of carbonyl (C=O) groups is 2. The summed E-state index contributed by atoms with van der Waals surface area (Å²) in [7, 11) is 4.54. The summed E-state index contributed by atoms with van der Waals surface area (Å²) in [5.41, 5.74) is 0.271. The van der Waals surface area contributed by atoms with E-state index in [0.29, 0.717) is 0 Å². The Morgan fingerprint density at radius 1 is 1.17 bits per heavy atom. The van der Waals surface area contributed by atoms with Gasteiger partial charge < -0.3 is 4.65 Å². The molecule has 0 spiro atoms. The van der Waals surface area contributed by atoms with Crippen molar-refractivity contribution in [3.8, 4) is 0 Å². The van der Waals surface area contributed by atoms with E-state index in [1.54, 1.807) is 18.2 Å². The van der Waals surface area contributed by atoms with Crippen LogP contribution in [0.2, 0.25) is 0 Å². The van der Waals surface area contributed by atoms with Crippen molar-refractivity contribution in [2.24, 2.45) is 0 Å². The van der Waals surface area contributed by atoms with Crippen molar-refractivity contribution in [2.75, 3.05) is 0 Å². The minimum atomic E-state index is -1.05. The van der Waals surface area contributed by atoms with Gasteiger partial charge in [-0.2, -0.15) is 0 Å². The van der Waals surface area contributed by atoms with Crippen LogP contribution in [-0.2, 0) is 9.45 Å². The van der Waals surface area contributed by atoms with Crippen molar-refractivity contribution in [3.05, 3.63) is 35.9 Å². The van der Waals surface area contributed by atoms with Gasteiger partial charge in [-0.1, -0.05) is 30.3 Å². The lowest BCUT2D eigenvalue weighted by atomic mass is 10.1. The van der Waals surface area contributed by atoms with Crippen LogP contribution in [0.5, 0.6) is 0 Å². The first kappa shape index (κ1) is 8.52. The number of benzene rings is 1. The maximum absolute atomic E-state index is 11.0. The zero-order valence-corrected chi connectivity index (χ0v) is 6.19. The molecule has 0 saturated carbocycles. The minimum absolute atomic E-state index is 0.271. The van der Waals surface area contributed by atoms with Crippen molar-refractivity contribution in [1.82, 2.24) is 0 Å². The number of rotatable bonds is 2. The van der Waals surface area contributed by atoms with Crippen LogP contribution in [0.15, 0.2) is 30.3 Å². The van der Waals surface area contributed by atoms with Crippen molar-refractivity contribution in [3.63, 3.8) is 0 Å². The molecular formula is C8H5BO3. The summed E-state index contributed by atoms with van der Waals surface area (Å²) in [6, 6.07) is 8.07. The molecule has 0 unspecified atom stereocenters. The van der Waals surface area contributed by atoms with Gasteiger partial charge in [0.05, 0.1) is 0 Å². The molecule has 0 aliphatic rings. The Bertz CT molecular complexity index is 294. The van der Waals surface area contributed by atoms with E-state index in [2.05, 4.69) is 12.7 Å². The van der Waals surface area contributed by atoms with Crippen LogP contribution >= 0.6 is 0 Å². The van der Waals surface area contributed by atoms with Crippen LogP contribution in [0.4, 0.5) is 0 Å². The van der Waals surface area contributed by atoms with Gasteiger partial charge in [-0.05, 0) is 0 Å². The smallest absolute Gasteiger partial charge is 0.379 e. The molecule has 0 fully saturated rings. The Morgan fingerprint density at radius 3 is 2.25 bits per heavy atom. The molecule has 0 N–H and O–H groups in total. The summed E-state index contributed by atoms with van der Waals surface area (Å²) < 4.78 is 3.78.